The first kappa shape index (κ1) is 15.3. The Balaban J connectivity index is 1.83. The molecule has 0 aliphatic carbocycles. The quantitative estimate of drug-likeness (QED) is 0.841. The summed E-state index contributed by atoms with van der Waals surface area (Å²) in [5.74, 6) is 0.0245. The van der Waals surface area contributed by atoms with Gasteiger partial charge in [-0.05, 0) is 37.1 Å². The molecule has 110 valence electrons. The lowest BCUT2D eigenvalue weighted by molar-refractivity contribution is -0.120. The number of hydrogen-bond acceptors (Lipinski definition) is 3. The number of methoxy groups -OCH3 is 1. The lowest BCUT2D eigenvalue weighted by atomic mass is 9.98. The molecule has 20 heavy (non-hydrogen) atoms. The summed E-state index contributed by atoms with van der Waals surface area (Å²) in [4.78, 5) is 12.0. The molecule has 1 unspecified atom stereocenters. The second-order valence-corrected chi connectivity index (χ2v) is 5.76. The third-order valence-corrected chi connectivity index (χ3v) is 3.91. The monoisotopic (exact) mass is 296 g/mol. The van der Waals surface area contributed by atoms with Crippen molar-refractivity contribution >= 4 is 17.5 Å². The minimum absolute atomic E-state index is 0.0245. The van der Waals surface area contributed by atoms with Crippen LogP contribution in [0.5, 0.6) is 0 Å². The molecule has 5 heteroatoms. The van der Waals surface area contributed by atoms with E-state index in [1.165, 1.54) is 0 Å². The van der Waals surface area contributed by atoms with Gasteiger partial charge < -0.3 is 15.4 Å². The van der Waals surface area contributed by atoms with E-state index >= 15 is 0 Å². The van der Waals surface area contributed by atoms with E-state index in [-0.39, 0.29) is 11.4 Å². The van der Waals surface area contributed by atoms with Gasteiger partial charge in [0.25, 0.3) is 0 Å². The van der Waals surface area contributed by atoms with Crippen molar-refractivity contribution in [2.75, 3.05) is 26.8 Å². The first-order valence-corrected chi connectivity index (χ1v) is 7.26. The van der Waals surface area contributed by atoms with Crippen LogP contribution >= 0.6 is 11.6 Å². The molecule has 0 saturated carbocycles. The molecule has 1 amide bonds. The smallest absolute Gasteiger partial charge is 0.224 e. The van der Waals surface area contributed by atoms with E-state index in [9.17, 15) is 4.79 Å². The summed E-state index contributed by atoms with van der Waals surface area (Å²) < 4.78 is 5.26. The first-order chi connectivity index (χ1) is 9.63. The Hall–Kier alpha value is -1.10. The van der Waals surface area contributed by atoms with E-state index in [1.54, 1.807) is 19.2 Å². The Kier molecular flexibility index (Phi) is 5.40. The maximum absolute atomic E-state index is 12.0. The number of halogens is 1. The van der Waals surface area contributed by atoms with Gasteiger partial charge in [0.15, 0.2) is 0 Å². The zero-order chi connectivity index (χ0) is 14.4. The Morgan fingerprint density at radius 2 is 2.20 bits per heavy atom. The van der Waals surface area contributed by atoms with E-state index < -0.39 is 0 Å². The molecule has 2 rings (SSSR count). The molecule has 4 nitrogen and oxygen atoms in total. The van der Waals surface area contributed by atoms with Crippen molar-refractivity contribution < 1.29 is 9.53 Å². The van der Waals surface area contributed by atoms with E-state index in [0.29, 0.717) is 24.6 Å². The molecule has 0 radical (unpaired) electrons. The van der Waals surface area contributed by atoms with Crippen LogP contribution < -0.4 is 10.6 Å². The minimum Gasteiger partial charge on any atom is -0.383 e. The summed E-state index contributed by atoms with van der Waals surface area (Å²) in [5, 5.41) is 7.12. The van der Waals surface area contributed by atoms with E-state index in [1.807, 2.05) is 12.1 Å². The number of carbonyl (C=O) groups excluding carboxylic acids is 1. The SMILES string of the molecule is COCC1(CNC(=O)Cc2ccc(Cl)cc2)CCCN1. The molecule has 2 N–H and O–H groups in total. The third-order valence-electron chi connectivity index (χ3n) is 3.65. The van der Waals surface area contributed by atoms with Crippen LogP contribution in [0.25, 0.3) is 0 Å². The number of amides is 1. The van der Waals surface area contributed by atoms with Crippen LogP contribution in [0.3, 0.4) is 0 Å². The second-order valence-electron chi connectivity index (χ2n) is 5.32. The molecule has 1 heterocycles. The lowest BCUT2D eigenvalue weighted by Crippen LogP contribution is -2.53. The number of nitrogens with one attached hydrogen (secondary N) is 2. The zero-order valence-electron chi connectivity index (χ0n) is 11.7. The van der Waals surface area contributed by atoms with Gasteiger partial charge >= 0.3 is 0 Å². The maximum atomic E-state index is 12.0. The second kappa shape index (κ2) is 7.07. The van der Waals surface area contributed by atoms with Gasteiger partial charge in [0.2, 0.25) is 5.91 Å². The van der Waals surface area contributed by atoms with Crippen molar-refractivity contribution in [2.45, 2.75) is 24.8 Å². The molecule has 0 aromatic heterocycles. The van der Waals surface area contributed by atoms with Crippen molar-refractivity contribution in [2.24, 2.45) is 0 Å². The van der Waals surface area contributed by atoms with Crippen LogP contribution in [0.4, 0.5) is 0 Å². The normalized spacial score (nSPS) is 21.9. The summed E-state index contributed by atoms with van der Waals surface area (Å²) in [5.41, 5.74) is 0.858. The van der Waals surface area contributed by atoms with Gasteiger partial charge in [0.05, 0.1) is 18.6 Å². The van der Waals surface area contributed by atoms with Gasteiger partial charge in [-0.3, -0.25) is 4.79 Å². The average Bonchev–Trinajstić information content (AvgIpc) is 2.89. The molecule has 1 atom stereocenters. The highest BCUT2D eigenvalue weighted by Crippen LogP contribution is 2.18. The van der Waals surface area contributed by atoms with Gasteiger partial charge in [-0.2, -0.15) is 0 Å². The van der Waals surface area contributed by atoms with Crippen molar-refractivity contribution in [1.29, 1.82) is 0 Å². The topological polar surface area (TPSA) is 50.4 Å². The molecule has 1 fully saturated rings. The van der Waals surface area contributed by atoms with Crippen LogP contribution in [0.1, 0.15) is 18.4 Å². The number of carbonyl (C=O) groups is 1. The summed E-state index contributed by atoms with van der Waals surface area (Å²) >= 11 is 5.83. The molecule has 1 aliphatic rings. The molecule has 1 saturated heterocycles. The predicted molar refractivity (Wildman–Crippen MR) is 80.0 cm³/mol. The minimum atomic E-state index is -0.107. The Bertz CT molecular complexity index is 442. The van der Waals surface area contributed by atoms with Crippen molar-refractivity contribution in [1.82, 2.24) is 10.6 Å². The Labute approximate surface area is 124 Å². The Morgan fingerprint density at radius 3 is 2.80 bits per heavy atom. The first-order valence-electron chi connectivity index (χ1n) is 6.89. The summed E-state index contributed by atoms with van der Waals surface area (Å²) in [6.07, 6.45) is 2.53. The van der Waals surface area contributed by atoms with E-state index in [2.05, 4.69) is 10.6 Å². The van der Waals surface area contributed by atoms with Crippen molar-refractivity contribution in [3.05, 3.63) is 34.9 Å². The molecule has 1 aliphatic heterocycles. The zero-order valence-corrected chi connectivity index (χ0v) is 12.5. The summed E-state index contributed by atoms with van der Waals surface area (Å²) in [6.45, 7) is 2.21. The lowest BCUT2D eigenvalue weighted by Gasteiger charge is -2.29. The van der Waals surface area contributed by atoms with Crippen LogP contribution in [-0.4, -0.2) is 38.3 Å². The average molecular weight is 297 g/mol. The number of hydrogen-bond donors (Lipinski definition) is 2. The summed E-state index contributed by atoms with van der Waals surface area (Å²) in [6, 6.07) is 7.35. The number of benzene rings is 1. The molecule has 0 bridgehead atoms. The highest BCUT2D eigenvalue weighted by molar-refractivity contribution is 6.30. The summed E-state index contributed by atoms with van der Waals surface area (Å²) in [7, 11) is 1.69. The van der Waals surface area contributed by atoms with Gasteiger partial charge in [0.1, 0.15) is 0 Å². The molecule has 1 aromatic carbocycles. The van der Waals surface area contributed by atoms with Gasteiger partial charge in [-0.15, -0.1) is 0 Å². The third kappa shape index (κ3) is 4.20. The van der Waals surface area contributed by atoms with E-state index in [0.717, 1.165) is 24.9 Å². The predicted octanol–water partition coefficient (Wildman–Crippen LogP) is 1.77. The fourth-order valence-corrected chi connectivity index (χ4v) is 2.71. The van der Waals surface area contributed by atoms with Crippen LogP contribution in [0, 0.1) is 0 Å². The molecule has 0 spiro atoms. The van der Waals surface area contributed by atoms with Crippen molar-refractivity contribution in [3.8, 4) is 0 Å². The maximum Gasteiger partial charge on any atom is 0.224 e. The fraction of sp³-hybridized carbons (Fsp3) is 0.533. The number of ether oxygens (including phenoxy) is 1. The van der Waals surface area contributed by atoms with Crippen LogP contribution in [0.15, 0.2) is 24.3 Å². The number of rotatable bonds is 6. The largest absolute Gasteiger partial charge is 0.383 e. The van der Waals surface area contributed by atoms with Gasteiger partial charge in [0, 0.05) is 18.7 Å². The van der Waals surface area contributed by atoms with E-state index in [4.69, 9.17) is 16.3 Å². The Morgan fingerprint density at radius 1 is 1.45 bits per heavy atom. The fourth-order valence-electron chi connectivity index (χ4n) is 2.59. The van der Waals surface area contributed by atoms with Crippen molar-refractivity contribution in [3.63, 3.8) is 0 Å². The van der Waals surface area contributed by atoms with Gasteiger partial charge in [-0.25, -0.2) is 0 Å². The highest BCUT2D eigenvalue weighted by Gasteiger charge is 2.33. The van der Waals surface area contributed by atoms with Gasteiger partial charge in [-0.1, -0.05) is 23.7 Å². The standard InChI is InChI=1S/C15H21ClN2O2/c1-20-11-15(7-2-8-18-15)10-17-14(19)9-12-3-5-13(16)6-4-12/h3-6,18H,2,7-11H2,1H3,(H,17,19). The molecule has 1 aromatic rings. The molecular formula is C15H21ClN2O2. The van der Waals surface area contributed by atoms with Crippen LogP contribution in [-0.2, 0) is 16.0 Å². The highest BCUT2D eigenvalue weighted by atomic mass is 35.5. The molecular weight excluding hydrogens is 276 g/mol. The van der Waals surface area contributed by atoms with Crippen LogP contribution in [0.2, 0.25) is 5.02 Å².